The summed E-state index contributed by atoms with van der Waals surface area (Å²) in [4.78, 5) is 20.6. The Balaban J connectivity index is 0. The predicted octanol–water partition coefficient (Wildman–Crippen LogP) is 4.62. The van der Waals surface area contributed by atoms with E-state index in [4.69, 9.17) is 20.4 Å². The van der Waals surface area contributed by atoms with Gasteiger partial charge < -0.3 is 20.4 Å². The van der Waals surface area contributed by atoms with E-state index in [0.717, 1.165) is 19.8 Å². The molecule has 29 heavy (non-hydrogen) atoms. The van der Waals surface area contributed by atoms with Crippen molar-refractivity contribution in [3.05, 3.63) is 0 Å². The monoisotopic (exact) mass is 418 g/mol. The standard InChI is InChI=1S/C18H36O2.C5H10O4/c1-2-3-4-5-6-7-8-9-10-11-12-13-14-15-16-17-18(19)20;1-3(7)5(9)4(8)2-6/h2-17H2,1H3,(H,19,20);4-6,8-9H,2H2,1H3. The number of unbranched alkanes of at least 4 members (excludes halogenated alkanes) is 14. The van der Waals surface area contributed by atoms with Crippen molar-refractivity contribution >= 4 is 11.8 Å². The highest BCUT2D eigenvalue weighted by atomic mass is 16.4. The van der Waals surface area contributed by atoms with Crippen molar-refractivity contribution in [3.8, 4) is 0 Å². The van der Waals surface area contributed by atoms with Crippen LogP contribution in [0.4, 0.5) is 0 Å². The second kappa shape index (κ2) is 23.3. The van der Waals surface area contributed by atoms with Gasteiger partial charge in [0.25, 0.3) is 0 Å². The molecule has 6 heteroatoms. The van der Waals surface area contributed by atoms with Crippen molar-refractivity contribution in [2.45, 2.75) is 129 Å². The van der Waals surface area contributed by atoms with Crippen LogP contribution in [0.3, 0.4) is 0 Å². The number of aliphatic hydroxyl groups excluding tert-OH is 3. The molecule has 0 aromatic carbocycles. The van der Waals surface area contributed by atoms with E-state index in [0.29, 0.717) is 6.42 Å². The Hall–Kier alpha value is -0.980. The molecule has 0 radical (unpaired) electrons. The Labute approximate surface area is 177 Å². The Kier molecular flexibility index (Phi) is 24.3. The van der Waals surface area contributed by atoms with Crippen molar-refractivity contribution in [2.75, 3.05) is 6.61 Å². The fraction of sp³-hybridized carbons (Fsp3) is 0.913. The molecule has 174 valence electrons. The second-order valence-electron chi connectivity index (χ2n) is 7.90. The highest BCUT2D eigenvalue weighted by Crippen LogP contribution is 2.13. The van der Waals surface area contributed by atoms with Crippen LogP contribution in [-0.4, -0.2) is 51.0 Å². The van der Waals surface area contributed by atoms with Crippen molar-refractivity contribution in [3.63, 3.8) is 0 Å². The van der Waals surface area contributed by atoms with E-state index < -0.39 is 30.6 Å². The van der Waals surface area contributed by atoms with Crippen LogP contribution in [0, 0.1) is 0 Å². The van der Waals surface area contributed by atoms with Crippen molar-refractivity contribution in [1.82, 2.24) is 0 Å². The predicted molar refractivity (Wildman–Crippen MR) is 117 cm³/mol. The fourth-order valence-electron chi connectivity index (χ4n) is 3.02. The smallest absolute Gasteiger partial charge is 0.303 e. The highest BCUT2D eigenvalue weighted by Gasteiger charge is 2.18. The Morgan fingerprint density at radius 3 is 1.28 bits per heavy atom. The molecule has 2 atom stereocenters. The normalized spacial score (nSPS) is 12.7. The minimum atomic E-state index is -1.45. The summed E-state index contributed by atoms with van der Waals surface area (Å²) in [5, 5.41) is 33.9. The molecule has 0 aliphatic carbocycles. The maximum atomic E-state index is 10.3. The SMILES string of the molecule is CC(=O)C(O)C(O)CO.CCCCCCCCCCCCCCCCCC(=O)O. The molecule has 4 N–H and O–H groups in total. The third kappa shape index (κ3) is 25.0. The number of hydrogen-bond donors (Lipinski definition) is 4. The summed E-state index contributed by atoms with van der Waals surface area (Å²) in [7, 11) is 0. The summed E-state index contributed by atoms with van der Waals surface area (Å²) >= 11 is 0. The van der Waals surface area contributed by atoms with Gasteiger partial charge in [-0.1, -0.05) is 96.8 Å². The zero-order valence-electron chi connectivity index (χ0n) is 18.8. The molecular formula is C23H46O6. The van der Waals surface area contributed by atoms with E-state index in [1.54, 1.807) is 0 Å². The first kappa shape index (κ1) is 30.2. The highest BCUT2D eigenvalue weighted by molar-refractivity contribution is 5.80. The van der Waals surface area contributed by atoms with Gasteiger partial charge in [0, 0.05) is 6.42 Å². The van der Waals surface area contributed by atoms with Gasteiger partial charge in [0.1, 0.15) is 12.2 Å². The van der Waals surface area contributed by atoms with Gasteiger partial charge in [-0.3, -0.25) is 9.59 Å². The summed E-state index contributed by atoms with van der Waals surface area (Å²) < 4.78 is 0. The Bertz CT molecular complexity index is 372. The molecule has 6 nitrogen and oxygen atoms in total. The van der Waals surface area contributed by atoms with Gasteiger partial charge in [-0.25, -0.2) is 0 Å². The largest absolute Gasteiger partial charge is 0.481 e. The molecule has 0 amide bonds. The fourth-order valence-corrected chi connectivity index (χ4v) is 3.02. The zero-order chi connectivity index (χ0) is 22.3. The van der Waals surface area contributed by atoms with E-state index >= 15 is 0 Å². The number of carboxylic acids is 1. The summed E-state index contributed by atoms with van der Waals surface area (Å²) in [5.74, 6) is -1.20. The van der Waals surface area contributed by atoms with Gasteiger partial charge in [-0.05, 0) is 13.3 Å². The molecule has 0 spiro atoms. The molecule has 0 saturated carbocycles. The average Bonchev–Trinajstić information content (AvgIpc) is 2.69. The van der Waals surface area contributed by atoms with Crippen LogP contribution in [0.25, 0.3) is 0 Å². The molecule has 0 aromatic rings. The van der Waals surface area contributed by atoms with E-state index in [2.05, 4.69) is 6.92 Å². The summed E-state index contributed by atoms with van der Waals surface area (Å²) in [5.41, 5.74) is 0. The summed E-state index contributed by atoms with van der Waals surface area (Å²) in [6.07, 6.45) is 17.4. The molecule has 0 saturated heterocycles. The van der Waals surface area contributed by atoms with Crippen LogP contribution < -0.4 is 0 Å². The molecule has 0 fully saturated rings. The third-order valence-electron chi connectivity index (χ3n) is 4.96. The number of aliphatic hydroxyl groups is 3. The summed E-state index contributed by atoms with van der Waals surface area (Å²) in [6.45, 7) is 2.82. The quantitative estimate of drug-likeness (QED) is 0.227. The molecule has 0 aliphatic heterocycles. The number of carboxylic acid groups (broad SMARTS) is 1. The lowest BCUT2D eigenvalue weighted by Crippen LogP contribution is -2.34. The molecular weight excluding hydrogens is 372 g/mol. The lowest BCUT2D eigenvalue weighted by atomic mass is 10.0. The second-order valence-corrected chi connectivity index (χ2v) is 7.90. The lowest BCUT2D eigenvalue weighted by Gasteiger charge is -2.10. The van der Waals surface area contributed by atoms with Crippen molar-refractivity contribution < 1.29 is 30.0 Å². The van der Waals surface area contributed by atoms with Crippen molar-refractivity contribution in [2.24, 2.45) is 0 Å². The molecule has 0 rings (SSSR count). The van der Waals surface area contributed by atoms with Gasteiger partial charge >= 0.3 is 5.97 Å². The first-order valence-corrected chi connectivity index (χ1v) is 11.6. The van der Waals surface area contributed by atoms with Gasteiger partial charge in [-0.15, -0.1) is 0 Å². The molecule has 2 unspecified atom stereocenters. The van der Waals surface area contributed by atoms with Crippen LogP contribution in [0.15, 0.2) is 0 Å². The van der Waals surface area contributed by atoms with Crippen LogP contribution in [0.5, 0.6) is 0 Å². The lowest BCUT2D eigenvalue weighted by molar-refractivity contribution is -0.137. The average molecular weight is 419 g/mol. The van der Waals surface area contributed by atoms with Crippen LogP contribution in [-0.2, 0) is 9.59 Å². The minimum Gasteiger partial charge on any atom is -0.481 e. The topological polar surface area (TPSA) is 115 Å². The molecule has 0 bridgehead atoms. The number of aliphatic carboxylic acids is 1. The van der Waals surface area contributed by atoms with E-state index in [1.165, 1.54) is 83.5 Å². The number of carbonyl (C=O) groups excluding carboxylic acids is 1. The van der Waals surface area contributed by atoms with Gasteiger partial charge in [0.15, 0.2) is 5.78 Å². The van der Waals surface area contributed by atoms with Gasteiger partial charge in [-0.2, -0.15) is 0 Å². The maximum absolute atomic E-state index is 10.3. The number of carbonyl (C=O) groups is 2. The molecule has 0 aromatic heterocycles. The van der Waals surface area contributed by atoms with Crippen LogP contribution in [0.2, 0.25) is 0 Å². The molecule has 0 aliphatic rings. The van der Waals surface area contributed by atoms with Gasteiger partial charge in [0.2, 0.25) is 0 Å². The zero-order valence-corrected chi connectivity index (χ0v) is 18.8. The Morgan fingerprint density at radius 2 is 1.03 bits per heavy atom. The van der Waals surface area contributed by atoms with Gasteiger partial charge in [0.05, 0.1) is 6.61 Å². The molecule has 0 heterocycles. The van der Waals surface area contributed by atoms with Crippen LogP contribution in [0.1, 0.15) is 117 Å². The van der Waals surface area contributed by atoms with Crippen molar-refractivity contribution in [1.29, 1.82) is 0 Å². The third-order valence-corrected chi connectivity index (χ3v) is 4.96. The first-order chi connectivity index (χ1) is 13.9. The minimum absolute atomic E-state index is 0.345. The number of hydrogen-bond acceptors (Lipinski definition) is 5. The Morgan fingerprint density at radius 1 is 0.690 bits per heavy atom. The summed E-state index contributed by atoms with van der Waals surface area (Å²) in [6, 6.07) is 0. The van der Waals surface area contributed by atoms with E-state index in [9.17, 15) is 9.59 Å². The van der Waals surface area contributed by atoms with E-state index in [1.807, 2.05) is 0 Å². The maximum Gasteiger partial charge on any atom is 0.303 e. The number of ketones is 1. The van der Waals surface area contributed by atoms with E-state index in [-0.39, 0.29) is 0 Å². The number of rotatable bonds is 19. The first-order valence-electron chi connectivity index (χ1n) is 11.6. The number of Topliss-reactive ketones (excluding diaryl/α,β-unsaturated/α-hetero) is 1. The van der Waals surface area contributed by atoms with Crippen LogP contribution >= 0.6 is 0 Å².